The molecule has 0 N–H and O–H groups in total. The molecule has 0 radical (unpaired) electrons. The maximum atomic E-state index is 5.86. The van der Waals surface area contributed by atoms with E-state index in [1.54, 1.807) is 0 Å². The first-order chi connectivity index (χ1) is 7.74. The van der Waals surface area contributed by atoms with E-state index in [4.69, 9.17) is 11.6 Å². The smallest absolute Gasteiger partial charge is 0.101 e. The Morgan fingerprint density at radius 3 is 2.50 bits per heavy atom. The van der Waals surface area contributed by atoms with Gasteiger partial charge in [-0.2, -0.15) is 0 Å². The Bertz CT molecular complexity index is 462. The number of hydrogen-bond donors (Lipinski definition) is 0. The molecule has 0 fully saturated rings. The molecule has 2 aromatic rings. The zero-order valence-corrected chi connectivity index (χ0v) is 10.1. The monoisotopic (exact) mass is 235 g/mol. The zero-order chi connectivity index (χ0) is 11.5. The van der Waals surface area contributed by atoms with Crippen LogP contribution in [0.3, 0.4) is 0 Å². The summed E-state index contributed by atoms with van der Waals surface area (Å²) in [6, 6.07) is 9.98. The third-order valence-corrected chi connectivity index (χ3v) is 2.71. The highest BCUT2D eigenvalue weighted by molar-refractivity contribution is 6.16. The first-order valence-electron chi connectivity index (χ1n) is 5.30. The molecule has 16 heavy (non-hydrogen) atoms. The molecule has 0 saturated heterocycles. The average molecular weight is 236 g/mol. The number of halogens is 1. The lowest BCUT2D eigenvalue weighted by molar-refractivity contribution is 0.715. The van der Waals surface area contributed by atoms with Gasteiger partial charge in [0.25, 0.3) is 0 Å². The quantitative estimate of drug-likeness (QED) is 0.766. The predicted molar refractivity (Wildman–Crippen MR) is 65.0 cm³/mol. The topological polar surface area (TPSA) is 30.7 Å². The molecule has 0 saturated carbocycles. The van der Waals surface area contributed by atoms with Crippen molar-refractivity contribution in [2.45, 2.75) is 25.6 Å². The van der Waals surface area contributed by atoms with Crippen LogP contribution >= 0.6 is 11.6 Å². The minimum Gasteiger partial charge on any atom is -0.217 e. The molecule has 3 nitrogen and oxygen atoms in total. The third-order valence-electron chi connectivity index (χ3n) is 2.45. The Morgan fingerprint density at radius 2 is 1.94 bits per heavy atom. The molecule has 0 spiro atoms. The summed E-state index contributed by atoms with van der Waals surface area (Å²) in [4.78, 5) is 0. The summed E-state index contributed by atoms with van der Waals surface area (Å²) in [5, 5.41) is 8.27. The van der Waals surface area contributed by atoms with Gasteiger partial charge in [-0.15, -0.1) is 16.7 Å². The van der Waals surface area contributed by atoms with Crippen molar-refractivity contribution in [3.63, 3.8) is 0 Å². The number of rotatable bonds is 3. The Labute approximate surface area is 100 Å². The summed E-state index contributed by atoms with van der Waals surface area (Å²) < 4.78 is 1.86. The van der Waals surface area contributed by atoms with Crippen LogP contribution in [0.25, 0.3) is 5.69 Å². The molecule has 0 unspecified atom stereocenters. The predicted octanol–water partition coefficient (Wildman–Crippen LogP) is 3.13. The standard InChI is InChI=1S/C12H14ClN3/c1-9(2)12-11(8-13)14-15-16(12)10-6-4-3-5-7-10/h3-7,9H,8H2,1-2H3. The van der Waals surface area contributed by atoms with Crippen molar-refractivity contribution in [1.82, 2.24) is 15.0 Å². The van der Waals surface area contributed by atoms with Crippen LogP contribution in [0.2, 0.25) is 0 Å². The lowest BCUT2D eigenvalue weighted by atomic mass is 10.1. The van der Waals surface area contributed by atoms with Gasteiger partial charge in [0.15, 0.2) is 0 Å². The second-order valence-electron chi connectivity index (χ2n) is 3.96. The van der Waals surface area contributed by atoms with Crippen LogP contribution in [0.15, 0.2) is 30.3 Å². The van der Waals surface area contributed by atoms with Crippen molar-refractivity contribution in [3.05, 3.63) is 41.7 Å². The van der Waals surface area contributed by atoms with Gasteiger partial charge in [-0.25, -0.2) is 4.68 Å². The highest BCUT2D eigenvalue weighted by atomic mass is 35.5. The number of nitrogens with zero attached hydrogens (tertiary/aromatic N) is 3. The lowest BCUT2D eigenvalue weighted by Gasteiger charge is -2.09. The van der Waals surface area contributed by atoms with E-state index >= 15 is 0 Å². The molecule has 2 rings (SSSR count). The van der Waals surface area contributed by atoms with Crippen molar-refractivity contribution in [2.24, 2.45) is 0 Å². The Kier molecular flexibility index (Phi) is 3.25. The molecule has 0 aliphatic rings. The van der Waals surface area contributed by atoms with E-state index in [1.807, 2.05) is 35.0 Å². The van der Waals surface area contributed by atoms with Crippen LogP contribution in [0.1, 0.15) is 31.2 Å². The normalized spacial score (nSPS) is 11.0. The molecule has 0 atom stereocenters. The van der Waals surface area contributed by atoms with Crippen LogP contribution in [-0.4, -0.2) is 15.0 Å². The molecule has 4 heteroatoms. The highest BCUT2D eigenvalue weighted by Gasteiger charge is 2.16. The molecule has 0 aliphatic heterocycles. The Hall–Kier alpha value is -1.35. The molecule has 0 bridgehead atoms. The van der Waals surface area contributed by atoms with Crippen molar-refractivity contribution in [3.8, 4) is 5.69 Å². The molecule has 1 aromatic carbocycles. The second kappa shape index (κ2) is 4.66. The molecule has 84 valence electrons. The number of alkyl halides is 1. The summed E-state index contributed by atoms with van der Waals surface area (Å²) in [5.74, 6) is 0.754. The fourth-order valence-electron chi connectivity index (χ4n) is 1.75. The largest absolute Gasteiger partial charge is 0.217 e. The first kappa shape index (κ1) is 11.1. The van der Waals surface area contributed by atoms with E-state index in [0.717, 1.165) is 17.1 Å². The van der Waals surface area contributed by atoms with Gasteiger partial charge < -0.3 is 0 Å². The van der Waals surface area contributed by atoms with Gasteiger partial charge in [0.1, 0.15) is 5.69 Å². The maximum absolute atomic E-state index is 5.86. The summed E-state index contributed by atoms with van der Waals surface area (Å²) in [7, 11) is 0. The SMILES string of the molecule is CC(C)c1c(CCl)nnn1-c1ccccc1. The van der Waals surface area contributed by atoms with Crippen LogP contribution in [0.4, 0.5) is 0 Å². The van der Waals surface area contributed by atoms with Gasteiger partial charge in [-0.1, -0.05) is 37.3 Å². The summed E-state index contributed by atoms with van der Waals surface area (Å²) in [6.45, 7) is 4.24. The number of para-hydroxylation sites is 1. The van der Waals surface area contributed by atoms with Crippen LogP contribution in [0.5, 0.6) is 0 Å². The fourth-order valence-corrected chi connectivity index (χ4v) is 1.94. The minimum absolute atomic E-state index is 0.351. The second-order valence-corrected chi connectivity index (χ2v) is 4.22. The zero-order valence-electron chi connectivity index (χ0n) is 9.39. The Balaban J connectivity index is 2.53. The van der Waals surface area contributed by atoms with Crippen molar-refractivity contribution in [2.75, 3.05) is 0 Å². The van der Waals surface area contributed by atoms with Gasteiger partial charge in [-0.05, 0) is 18.1 Å². The van der Waals surface area contributed by atoms with Gasteiger partial charge in [0, 0.05) is 0 Å². The van der Waals surface area contributed by atoms with E-state index in [9.17, 15) is 0 Å². The van der Waals surface area contributed by atoms with E-state index in [1.165, 1.54) is 0 Å². The van der Waals surface area contributed by atoms with Gasteiger partial charge in [0.05, 0.1) is 17.3 Å². The minimum atomic E-state index is 0.351. The molecule has 1 aromatic heterocycles. The maximum Gasteiger partial charge on any atom is 0.101 e. The van der Waals surface area contributed by atoms with Crippen molar-refractivity contribution < 1.29 is 0 Å². The number of aromatic nitrogens is 3. The molecule has 0 amide bonds. The van der Waals surface area contributed by atoms with Crippen molar-refractivity contribution >= 4 is 11.6 Å². The summed E-state index contributed by atoms with van der Waals surface area (Å²) in [5.41, 5.74) is 2.97. The van der Waals surface area contributed by atoms with Gasteiger partial charge in [0.2, 0.25) is 0 Å². The molecule has 0 aliphatic carbocycles. The summed E-state index contributed by atoms with van der Waals surface area (Å²) >= 11 is 5.86. The van der Waals surface area contributed by atoms with Crippen LogP contribution < -0.4 is 0 Å². The fraction of sp³-hybridized carbons (Fsp3) is 0.333. The van der Waals surface area contributed by atoms with E-state index in [0.29, 0.717) is 11.8 Å². The van der Waals surface area contributed by atoms with Crippen LogP contribution in [-0.2, 0) is 5.88 Å². The lowest BCUT2D eigenvalue weighted by Crippen LogP contribution is -2.04. The average Bonchev–Trinajstić information content (AvgIpc) is 2.73. The number of hydrogen-bond acceptors (Lipinski definition) is 2. The van der Waals surface area contributed by atoms with Crippen molar-refractivity contribution in [1.29, 1.82) is 0 Å². The van der Waals surface area contributed by atoms with Crippen LogP contribution in [0, 0.1) is 0 Å². The molecule has 1 heterocycles. The van der Waals surface area contributed by atoms with Gasteiger partial charge in [-0.3, -0.25) is 0 Å². The number of benzene rings is 1. The summed E-state index contributed by atoms with van der Waals surface area (Å²) in [6.07, 6.45) is 0. The molecular weight excluding hydrogens is 222 g/mol. The highest BCUT2D eigenvalue weighted by Crippen LogP contribution is 2.22. The molecular formula is C12H14ClN3. The van der Waals surface area contributed by atoms with E-state index in [2.05, 4.69) is 24.2 Å². The third kappa shape index (κ3) is 1.95. The Morgan fingerprint density at radius 1 is 1.25 bits per heavy atom. The van der Waals surface area contributed by atoms with E-state index < -0.39 is 0 Å². The van der Waals surface area contributed by atoms with E-state index in [-0.39, 0.29) is 0 Å². The first-order valence-corrected chi connectivity index (χ1v) is 5.83. The van der Waals surface area contributed by atoms with Gasteiger partial charge >= 0.3 is 0 Å².